The lowest BCUT2D eigenvalue weighted by Crippen LogP contribution is -2.68. The number of anilines is 4. The number of benzene rings is 8. The molecule has 11 heterocycles. The second-order valence-electron chi connectivity index (χ2n) is 44.7. The van der Waals surface area contributed by atoms with E-state index >= 15 is 0 Å². The summed E-state index contributed by atoms with van der Waals surface area (Å²) in [4.78, 5) is 93.4. The van der Waals surface area contributed by atoms with Crippen LogP contribution in [-0.4, -0.2) is 289 Å². The largest absolute Gasteiger partial charge is 0.508 e. The van der Waals surface area contributed by atoms with E-state index in [4.69, 9.17) is 69.3 Å². The Kier molecular flexibility index (Phi) is 37.4. The molecule has 3 unspecified atom stereocenters. The highest BCUT2D eigenvalue weighted by atomic mass is 35.5. The summed E-state index contributed by atoms with van der Waals surface area (Å²) < 4.78 is 39.6. The van der Waals surface area contributed by atoms with Crippen LogP contribution in [0.1, 0.15) is 154 Å². The van der Waals surface area contributed by atoms with Crippen molar-refractivity contribution in [2.45, 2.75) is 212 Å². The van der Waals surface area contributed by atoms with Crippen molar-refractivity contribution in [1.82, 2.24) is 64.2 Å². The molecule has 8 aromatic carbocycles. The van der Waals surface area contributed by atoms with Crippen molar-refractivity contribution in [2.24, 2.45) is 0 Å². The van der Waals surface area contributed by atoms with E-state index in [1.54, 1.807) is 11.0 Å². The Hall–Kier alpha value is -11.2. The first-order valence-electron chi connectivity index (χ1n) is 52.9. The van der Waals surface area contributed by atoms with E-state index in [-0.39, 0.29) is 90.9 Å². The first-order valence-corrected chi connectivity index (χ1v) is 57.1. The number of aliphatic hydroxyl groups is 1. The molecular formula is C117H154ClN17O11S2Si2. The van der Waals surface area contributed by atoms with Crippen LogP contribution in [0.25, 0.3) is 10.8 Å². The molecule has 8 aliphatic heterocycles. The minimum atomic E-state index is -2.90. The third-order valence-electron chi connectivity index (χ3n) is 30.1. The number of aromatic hydroxyl groups is 1. The molecule has 0 aliphatic carbocycles. The zero-order valence-electron chi connectivity index (χ0n) is 89.9. The van der Waals surface area contributed by atoms with Crippen LogP contribution in [-0.2, 0) is 75.1 Å². The lowest BCUT2D eigenvalue weighted by molar-refractivity contribution is -0.127. The molecule has 2 N–H and O–H groups in total. The Balaban J connectivity index is 0.000000169. The second kappa shape index (κ2) is 49.7. The summed E-state index contributed by atoms with van der Waals surface area (Å²) in [5.41, 5.74) is 8.50. The maximum absolute atomic E-state index is 13.7. The molecule has 33 heteroatoms. The maximum Gasteiger partial charge on any atom is 0.410 e. The number of rotatable bonds is 26. The molecule has 19 rings (SSSR count). The average molecular weight is 2130 g/mol. The maximum atomic E-state index is 13.7. The molecule has 5 atom stereocenters. The van der Waals surface area contributed by atoms with Crippen molar-refractivity contribution in [3.05, 3.63) is 281 Å². The van der Waals surface area contributed by atoms with Crippen LogP contribution in [0.3, 0.4) is 0 Å². The van der Waals surface area contributed by atoms with Gasteiger partial charge in [-0.3, -0.25) is 14.6 Å². The molecule has 800 valence electrons. The van der Waals surface area contributed by atoms with Gasteiger partial charge in [0.25, 0.3) is 16.6 Å². The molecule has 0 radical (unpaired) electrons. The van der Waals surface area contributed by atoms with Gasteiger partial charge >= 0.3 is 24.2 Å². The van der Waals surface area contributed by atoms with Gasteiger partial charge < -0.3 is 82.1 Å². The van der Waals surface area contributed by atoms with Crippen LogP contribution in [0.5, 0.6) is 17.8 Å². The number of carbonyl (C=O) groups is 3. The molecule has 0 saturated carbocycles. The smallest absolute Gasteiger partial charge is 0.410 e. The molecule has 5 saturated heterocycles. The van der Waals surface area contributed by atoms with Crippen molar-refractivity contribution in [2.75, 3.05) is 158 Å². The van der Waals surface area contributed by atoms with E-state index in [0.717, 1.165) is 146 Å². The van der Waals surface area contributed by atoms with E-state index in [1.807, 2.05) is 81.7 Å². The van der Waals surface area contributed by atoms with Gasteiger partial charge in [0.2, 0.25) is 11.2 Å². The molecule has 150 heavy (non-hydrogen) atoms. The minimum absolute atomic E-state index is 0. The summed E-state index contributed by atoms with van der Waals surface area (Å²) >= 11 is 6.70. The summed E-state index contributed by atoms with van der Waals surface area (Å²) in [6.45, 7) is 43.4. The normalized spacial score (nSPS) is 19.1. The second-order valence-corrected chi connectivity index (χ2v) is 53.6. The molecule has 5 fully saturated rings. The summed E-state index contributed by atoms with van der Waals surface area (Å²) in [6, 6.07) is 76.4. The number of aliphatic hydroxyl groups excluding tert-OH is 1. The number of hydrogen-bond acceptors (Lipinski definition) is 25. The van der Waals surface area contributed by atoms with Crippen LogP contribution < -0.4 is 49.8 Å². The number of phenols is 1. The quantitative estimate of drug-likeness (QED) is 0.0290. The molecule has 0 spiro atoms. The minimum Gasteiger partial charge on any atom is -0.508 e. The van der Waals surface area contributed by atoms with Crippen molar-refractivity contribution < 1.29 is 52.4 Å². The Bertz CT molecular complexity index is 6270. The number of carbonyl (C=O) groups excluding carboxylic acids is 3. The summed E-state index contributed by atoms with van der Waals surface area (Å²) in [7, 11) is -1.48. The monoisotopic (exact) mass is 2130 g/mol. The van der Waals surface area contributed by atoms with Crippen molar-refractivity contribution in [3.63, 3.8) is 0 Å². The van der Waals surface area contributed by atoms with Gasteiger partial charge in [-0.15, -0.1) is 0 Å². The van der Waals surface area contributed by atoms with E-state index < -0.39 is 27.8 Å². The molecule has 3 amide bonds. The molecule has 28 nitrogen and oxygen atoms in total. The number of ether oxygens (including phenoxy) is 4. The number of halogens is 1. The zero-order valence-corrected chi connectivity index (χ0v) is 94.7. The number of likely N-dealkylation sites (tertiary alicyclic amines) is 2. The highest BCUT2D eigenvalue weighted by molar-refractivity contribution is 7.59. The molecule has 3 aromatic heterocycles. The van der Waals surface area contributed by atoms with Crippen LogP contribution in [0, 0.1) is 0 Å². The van der Waals surface area contributed by atoms with Gasteiger partial charge in [0.05, 0.1) is 61.6 Å². The van der Waals surface area contributed by atoms with Crippen LogP contribution in [0.4, 0.5) is 32.7 Å². The van der Waals surface area contributed by atoms with Gasteiger partial charge in [0.1, 0.15) is 47.6 Å². The van der Waals surface area contributed by atoms with Gasteiger partial charge in [0.15, 0.2) is 0 Å². The van der Waals surface area contributed by atoms with Crippen LogP contribution in [0.2, 0.25) is 15.4 Å². The van der Waals surface area contributed by atoms with Gasteiger partial charge in [-0.1, -0.05) is 254 Å². The number of amides is 3. The molecule has 11 aromatic rings. The van der Waals surface area contributed by atoms with E-state index in [9.17, 15) is 24.6 Å². The average Bonchev–Trinajstić information content (AvgIpc) is 0.766. The number of hydrogen-bond donors (Lipinski definition) is 2. The number of fused-ring (bicyclic) bond motifs is 4. The van der Waals surface area contributed by atoms with Gasteiger partial charge in [-0.05, 0) is 185 Å². The molecular weight excluding hydrogens is 1980 g/mol. The van der Waals surface area contributed by atoms with Crippen molar-refractivity contribution >= 4 is 128 Å². The standard InChI is InChI=1S/C46H62N6O4Si.C40H50ClN5O3Si.C31H38N6O4.2H2S/c1-45(2,3)56-44(53)51-28-29-52(37(31-51)34-55-57(46(4,5)6,38-21-13-9-14-22-38)39-23-15-10-16-24-39)42-40-25-27-50(30-35-18-11-8-12-19-35)32-41(40)47-43(48-42)54-33-36-20-17-26-49(36)7;1-39(2,3)49-38(47)45-24-25-46(36-34-22-23-44(26-30-16-10-7-11-17-30)28-35(34)42-37(41)43-36)31(27-45)29-48-50(40(4,5)6,32-18-12-8-13-19-32)33-20-14-9-15-21-33;1-3-29(40)36-13-14-37(23(17-36)19-38)30-26-10-12-35(28-16-24(39)15-21-7-4-5-9-25(21)28)18-27(26)32-31(33-30)41-20-22-8-6-11-34(22)2;;/h8-16,18-19,21-24,36-37H,17,20,25-34H2,1-7H3;7-21,31H,22-29H2,1-6H3;3-5,7,9,15-16,22-23,38-39H,1,6,8,10-14,17-20H2,2H3;2*1H2/t36-,37?;;22-,23?;;/m0.0../s1. The number of piperazine rings is 3. The SMILES string of the molecule is C=CC(=O)N1CCN(c2nc(OC[C@@H]3CCCN3C)nc3c2CCN(c2cc(O)cc4ccccc24)C3)C(CO)C1.CC(C)(C)OC(=O)N1CCN(c2nc(Cl)nc3c2CCN(Cc2ccccc2)C3)C(CO[Si](c2ccccc2)(c2ccccc2)C(C)(C)C)C1.CN1CCC[C@H]1COc1nc2c(c(N3CCN(C(=O)OC(C)(C)C)CC3CO[Si](c3ccccc3)(c3ccccc3)C(C)(C)C)n1)CCN(Cc1ccccc1)C2.S.S. The molecule has 0 bridgehead atoms. The van der Waals surface area contributed by atoms with Gasteiger partial charge in [-0.25, -0.2) is 19.6 Å². The van der Waals surface area contributed by atoms with E-state index in [2.05, 4.69) is 283 Å². The number of likely N-dealkylation sites (N-methyl/N-ethyl adjacent to an activating group) is 2. The van der Waals surface area contributed by atoms with Crippen molar-refractivity contribution in [1.29, 1.82) is 0 Å². The summed E-state index contributed by atoms with van der Waals surface area (Å²) in [6.07, 6.45) is 7.54. The fraction of sp³-hybridized carbons (Fsp3) is 0.462. The number of phenolic OH excluding ortho intramolecular Hbond substituents is 1. The van der Waals surface area contributed by atoms with Crippen LogP contribution in [0.15, 0.2) is 231 Å². The fourth-order valence-corrected chi connectivity index (χ4v) is 32.0. The summed E-state index contributed by atoms with van der Waals surface area (Å²) in [5.74, 6) is 2.62. The predicted octanol–water partition coefficient (Wildman–Crippen LogP) is 16.0. The van der Waals surface area contributed by atoms with Gasteiger partial charge in [-0.2, -0.15) is 46.9 Å². The Morgan fingerprint density at radius 1 is 0.427 bits per heavy atom. The van der Waals surface area contributed by atoms with E-state index in [1.165, 1.54) is 44.4 Å². The Labute approximate surface area is 908 Å². The zero-order chi connectivity index (χ0) is 104. The third kappa shape index (κ3) is 26.6. The van der Waals surface area contributed by atoms with Crippen LogP contribution >= 0.6 is 38.6 Å². The number of aromatic nitrogens is 6. The lowest BCUT2D eigenvalue weighted by atomic mass is 10.0. The molecule has 8 aliphatic rings. The first kappa shape index (κ1) is 113. The number of nitrogens with zero attached hydrogens (tertiary/aromatic N) is 17. The van der Waals surface area contributed by atoms with Gasteiger partial charge in [0, 0.05) is 151 Å². The first-order chi connectivity index (χ1) is 71.1. The summed E-state index contributed by atoms with van der Waals surface area (Å²) in [5, 5.41) is 27.6. The Morgan fingerprint density at radius 3 is 1.20 bits per heavy atom. The van der Waals surface area contributed by atoms with Crippen molar-refractivity contribution in [3.8, 4) is 17.8 Å². The Morgan fingerprint density at radius 2 is 0.800 bits per heavy atom. The van der Waals surface area contributed by atoms with E-state index in [0.29, 0.717) is 135 Å². The lowest BCUT2D eigenvalue weighted by Gasteiger charge is -2.47. The highest BCUT2D eigenvalue weighted by Gasteiger charge is 2.54. The fourth-order valence-electron chi connectivity index (χ4n) is 22.6. The highest BCUT2D eigenvalue weighted by Crippen LogP contribution is 2.44. The predicted molar refractivity (Wildman–Crippen MR) is 613 cm³/mol. The third-order valence-corrected chi connectivity index (χ3v) is 40.3. The topological polar surface area (TPSA) is 260 Å².